The Morgan fingerprint density at radius 1 is 0.606 bits per heavy atom. The fourth-order valence-electron chi connectivity index (χ4n) is 4.66. The fourth-order valence-corrected chi connectivity index (χ4v) is 4.66. The van der Waals surface area contributed by atoms with E-state index in [0.717, 1.165) is 38.5 Å². The molecular formula is C26H48NO6+. The van der Waals surface area contributed by atoms with E-state index in [1.807, 2.05) is 0 Å². The third-order valence-corrected chi connectivity index (χ3v) is 7.04. The van der Waals surface area contributed by atoms with Gasteiger partial charge < -0.3 is 15.3 Å². The summed E-state index contributed by atoms with van der Waals surface area (Å²) in [5.41, 5.74) is 0. The van der Waals surface area contributed by atoms with Crippen molar-refractivity contribution in [3.05, 3.63) is 12.2 Å². The zero-order valence-electron chi connectivity index (χ0n) is 21.3. The van der Waals surface area contributed by atoms with Crippen molar-refractivity contribution in [1.82, 2.24) is 0 Å². The molecule has 0 aliphatic heterocycles. The van der Waals surface area contributed by atoms with Gasteiger partial charge in [0.15, 0.2) is 18.1 Å². The molecule has 192 valence electrons. The average molecular weight is 471 g/mol. The Morgan fingerprint density at radius 3 is 1.30 bits per heavy atom. The molecule has 0 bridgehead atoms. The van der Waals surface area contributed by atoms with Crippen LogP contribution in [0, 0.1) is 0 Å². The first kappa shape index (κ1) is 31.1. The van der Waals surface area contributed by atoms with E-state index in [1.165, 1.54) is 59.3 Å². The number of hydrogen-bond donors (Lipinski definition) is 3. The van der Waals surface area contributed by atoms with Gasteiger partial charge in [0.25, 0.3) is 0 Å². The van der Waals surface area contributed by atoms with Crippen LogP contribution < -0.4 is 0 Å². The van der Waals surface area contributed by atoms with Crippen LogP contribution in [0.5, 0.6) is 0 Å². The largest absolute Gasteiger partial charge is 0.477 e. The molecule has 0 saturated heterocycles. The van der Waals surface area contributed by atoms with E-state index in [9.17, 15) is 29.7 Å². The zero-order chi connectivity index (χ0) is 25.3. The third kappa shape index (κ3) is 11.2. The molecule has 0 aromatic heterocycles. The highest BCUT2D eigenvalue weighted by molar-refractivity contribution is 5.77. The van der Waals surface area contributed by atoms with E-state index in [-0.39, 0.29) is 6.54 Å². The summed E-state index contributed by atoms with van der Waals surface area (Å²) in [5.74, 6) is -3.53. The number of carboxylic acid groups (broad SMARTS) is 3. The van der Waals surface area contributed by atoms with Gasteiger partial charge in [-0.15, -0.1) is 0 Å². The molecule has 0 aromatic carbocycles. The van der Waals surface area contributed by atoms with Crippen molar-refractivity contribution in [1.29, 1.82) is 0 Å². The molecule has 3 N–H and O–H groups in total. The summed E-state index contributed by atoms with van der Waals surface area (Å²) in [6, 6.07) is -3.37. The van der Waals surface area contributed by atoms with Crippen LogP contribution in [0.3, 0.4) is 0 Å². The van der Waals surface area contributed by atoms with Crippen LogP contribution in [0.1, 0.15) is 111 Å². The Hall–Kier alpha value is -1.89. The van der Waals surface area contributed by atoms with Gasteiger partial charge in [-0.1, -0.05) is 64.0 Å². The molecule has 0 aliphatic carbocycles. The van der Waals surface area contributed by atoms with E-state index in [2.05, 4.69) is 19.1 Å². The molecule has 0 radical (unpaired) electrons. The van der Waals surface area contributed by atoms with Gasteiger partial charge in [-0.3, -0.25) is 4.48 Å². The molecule has 0 heterocycles. The molecule has 3 unspecified atom stereocenters. The highest BCUT2D eigenvalue weighted by Crippen LogP contribution is 2.27. The van der Waals surface area contributed by atoms with Crippen LogP contribution in [-0.4, -0.2) is 62.4 Å². The first-order valence-electron chi connectivity index (χ1n) is 12.8. The summed E-state index contributed by atoms with van der Waals surface area (Å²) in [7, 11) is 0. The lowest BCUT2D eigenvalue weighted by Crippen LogP contribution is -2.70. The topological polar surface area (TPSA) is 112 Å². The van der Waals surface area contributed by atoms with Crippen LogP contribution in [0.2, 0.25) is 0 Å². The third-order valence-electron chi connectivity index (χ3n) is 7.04. The highest BCUT2D eigenvalue weighted by atomic mass is 16.4. The summed E-state index contributed by atoms with van der Waals surface area (Å²) in [4.78, 5) is 35.3. The van der Waals surface area contributed by atoms with Gasteiger partial charge in [0.2, 0.25) is 0 Å². The van der Waals surface area contributed by atoms with Crippen molar-refractivity contribution in [3.63, 3.8) is 0 Å². The predicted molar refractivity (Wildman–Crippen MR) is 131 cm³/mol. The Bertz CT molecular complexity index is 553. The second-order valence-corrected chi connectivity index (χ2v) is 9.35. The number of hydrogen-bond acceptors (Lipinski definition) is 3. The van der Waals surface area contributed by atoms with Crippen LogP contribution in [-0.2, 0) is 14.4 Å². The second kappa shape index (κ2) is 17.6. The molecule has 0 fully saturated rings. The maximum absolute atomic E-state index is 11.8. The number of quaternary nitrogens is 1. The molecule has 0 aliphatic rings. The van der Waals surface area contributed by atoms with E-state index in [4.69, 9.17) is 0 Å². The van der Waals surface area contributed by atoms with Gasteiger partial charge in [0.1, 0.15) is 0 Å². The van der Waals surface area contributed by atoms with Crippen molar-refractivity contribution in [2.75, 3.05) is 6.54 Å². The minimum atomic E-state index is -1.18. The fraction of sp³-hybridized carbons (Fsp3) is 0.808. The normalized spacial score (nSPS) is 16.2. The number of unbranched alkanes of at least 4 members (excludes halogenated alkanes) is 11. The van der Waals surface area contributed by atoms with Crippen LogP contribution in [0.4, 0.5) is 0 Å². The van der Waals surface area contributed by atoms with E-state index < -0.39 is 40.5 Å². The van der Waals surface area contributed by atoms with Crippen molar-refractivity contribution in [2.45, 2.75) is 129 Å². The second-order valence-electron chi connectivity index (χ2n) is 9.35. The van der Waals surface area contributed by atoms with Gasteiger partial charge in [-0.05, 0) is 59.3 Å². The van der Waals surface area contributed by atoms with Gasteiger partial charge >= 0.3 is 17.9 Å². The molecule has 0 rings (SSSR count). The Kier molecular flexibility index (Phi) is 16.6. The molecule has 3 atom stereocenters. The lowest BCUT2D eigenvalue weighted by Gasteiger charge is -2.47. The SMILES string of the molecule is CCCCCCC/C=C/CCCCCCCC[N+](C(C)C(=O)O)(C(C)C(=O)O)C(C)C(=O)O. The highest BCUT2D eigenvalue weighted by Gasteiger charge is 2.52. The summed E-state index contributed by atoms with van der Waals surface area (Å²) in [5, 5.41) is 28.8. The first-order chi connectivity index (χ1) is 15.6. The maximum atomic E-state index is 11.8. The van der Waals surface area contributed by atoms with Gasteiger partial charge in [0, 0.05) is 0 Å². The Morgan fingerprint density at radius 2 is 0.939 bits per heavy atom. The summed E-state index contributed by atoms with van der Waals surface area (Å²) in [6.07, 6.45) is 19.1. The van der Waals surface area contributed by atoms with Crippen LogP contribution in [0.15, 0.2) is 12.2 Å². The maximum Gasteiger partial charge on any atom is 0.362 e. The van der Waals surface area contributed by atoms with Crippen LogP contribution >= 0.6 is 0 Å². The van der Waals surface area contributed by atoms with Gasteiger partial charge in [-0.25, -0.2) is 14.4 Å². The lowest BCUT2D eigenvalue weighted by molar-refractivity contribution is -0.968. The zero-order valence-corrected chi connectivity index (χ0v) is 21.3. The molecule has 33 heavy (non-hydrogen) atoms. The monoisotopic (exact) mass is 470 g/mol. The Balaban J connectivity index is 4.46. The summed E-state index contributed by atoms with van der Waals surface area (Å²) < 4.78 is -0.483. The standard InChI is InChI=1S/C26H47NO6/c1-5-6-7-8-9-10-11-12-13-14-15-16-17-18-19-20-27(21(2)24(28)29,22(3)25(30)31)23(4)26(32)33/h11-12,21-23H,5-10,13-20H2,1-4H3,(H2-,28,29,30,31,32,33)/p+1/b12-11+. The Labute approximate surface area is 200 Å². The van der Waals surface area contributed by atoms with E-state index >= 15 is 0 Å². The van der Waals surface area contributed by atoms with Crippen molar-refractivity contribution >= 4 is 17.9 Å². The molecule has 0 saturated carbocycles. The molecule has 0 amide bonds. The number of aliphatic carboxylic acids is 3. The smallest absolute Gasteiger partial charge is 0.362 e. The number of rotatable bonds is 21. The molecule has 7 nitrogen and oxygen atoms in total. The average Bonchev–Trinajstić information content (AvgIpc) is 2.77. The van der Waals surface area contributed by atoms with Gasteiger partial charge in [0.05, 0.1) is 6.54 Å². The summed E-state index contributed by atoms with van der Waals surface area (Å²) >= 11 is 0. The van der Waals surface area contributed by atoms with Crippen LogP contribution in [0.25, 0.3) is 0 Å². The molecule has 0 spiro atoms. The van der Waals surface area contributed by atoms with E-state index in [0.29, 0.717) is 6.42 Å². The van der Waals surface area contributed by atoms with Crippen molar-refractivity contribution < 1.29 is 34.2 Å². The number of nitrogens with zero attached hydrogens (tertiary/aromatic N) is 1. The predicted octanol–water partition coefficient (Wildman–Crippen LogP) is 5.87. The van der Waals surface area contributed by atoms with Crippen molar-refractivity contribution in [2.24, 2.45) is 0 Å². The first-order valence-corrected chi connectivity index (χ1v) is 12.8. The van der Waals surface area contributed by atoms with Crippen molar-refractivity contribution in [3.8, 4) is 0 Å². The van der Waals surface area contributed by atoms with E-state index in [1.54, 1.807) is 0 Å². The minimum Gasteiger partial charge on any atom is -0.477 e. The quantitative estimate of drug-likeness (QED) is 0.110. The lowest BCUT2D eigenvalue weighted by atomic mass is 10.00. The molecular weight excluding hydrogens is 422 g/mol. The number of allylic oxidation sites excluding steroid dienone is 2. The minimum absolute atomic E-state index is 0.218. The number of carbonyl (C=O) groups is 3. The van der Waals surface area contributed by atoms with Gasteiger partial charge in [-0.2, -0.15) is 0 Å². The number of carboxylic acids is 3. The molecule has 0 aromatic rings. The molecule has 7 heteroatoms. The summed E-state index contributed by atoms with van der Waals surface area (Å²) in [6.45, 7) is 6.70.